The van der Waals surface area contributed by atoms with Crippen LogP contribution in [-0.2, 0) is 13.1 Å². The first-order valence-electron chi connectivity index (χ1n) is 7.17. The zero-order valence-corrected chi connectivity index (χ0v) is 12.6. The fourth-order valence-corrected chi connectivity index (χ4v) is 2.14. The lowest BCUT2D eigenvalue weighted by Gasteiger charge is -2.03. The maximum Gasteiger partial charge on any atom is 0.247 e. The molecule has 0 spiro atoms. The van der Waals surface area contributed by atoms with Crippen molar-refractivity contribution in [3.05, 3.63) is 65.8 Å². The van der Waals surface area contributed by atoms with Crippen LogP contribution >= 0.6 is 0 Å². The summed E-state index contributed by atoms with van der Waals surface area (Å²) in [4.78, 5) is 0. The Hall–Kier alpha value is -2.73. The van der Waals surface area contributed by atoms with E-state index in [9.17, 15) is 4.39 Å². The maximum atomic E-state index is 13.5. The monoisotopic (exact) mass is 313 g/mol. The van der Waals surface area contributed by atoms with Gasteiger partial charge in [-0.3, -0.25) is 0 Å². The van der Waals surface area contributed by atoms with E-state index in [-0.39, 0.29) is 5.82 Å². The normalized spacial score (nSPS) is 10.7. The van der Waals surface area contributed by atoms with E-state index < -0.39 is 0 Å². The molecule has 0 unspecified atom stereocenters. The van der Waals surface area contributed by atoms with E-state index in [2.05, 4.69) is 15.5 Å². The second-order valence-corrected chi connectivity index (χ2v) is 4.93. The van der Waals surface area contributed by atoms with E-state index in [1.165, 1.54) is 6.07 Å². The van der Waals surface area contributed by atoms with E-state index >= 15 is 0 Å². The van der Waals surface area contributed by atoms with Gasteiger partial charge in [0.2, 0.25) is 11.8 Å². The Balaban J connectivity index is 1.62. The van der Waals surface area contributed by atoms with Gasteiger partial charge in [0.25, 0.3) is 0 Å². The fraction of sp³-hybridized carbons (Fsp3) is 0.176. The van der Waals surface area contributed by atoms with Crippen molar-refractivity contribution in [2.45, 2.75) is 13.1 Å². The van der Waals surface area contributed by atoms with Gasteiger partial charge in [-0.1, -0.05) is 24.3 Å². The molecule has 6 heteroatoms. The Morgan fingerprint density at radius 1 is 1.09 bits per heavy atom. The average molecular weight is 313 g/mol. The zero-order chi connectivity index (χ0) is 16.1. The zero-order valence-electron chi connectivity index (χ0n) is 12.6. The number of halogens is 1. The maximum absolute atomic E-state index is 13.5. The number of nitrogens with zero attached hydrogens (tertiary/aromatic N) is 2. The van der Waals surface area contributed by atoms with Crippen molar-refractivity contribution in [3.8, 4) is 17.2 Å². The Labute approximate surface area is 133 Å². The molecule has 0 atom stereocenters. The molecular weight excluding hydrogens is 297 g/mol. The largest absolute Gasteiger partial charge is 0.497 e. The Morgan fingerprint density at radius 3 is 2.78 bits per heavy atom. The summed E-state index contributed by atoms with van der Waals surface area (Å²) in [5, 5.41) is 11.1. The highest BCUT2D eigenvalue weighted by molar-refractivity contribution is 5.55. The lowest BCUT2D eigenvalue weighted by Crippen LogP contribution is -2.13. The highest BCUT2D eigenvalue weighted by atomic mass is 19.1. The van der Waals surface area contributed by atoms with Crippen LogP contribution in [0.5, 0.6) is 5.75 Å². The molecule has 3 aromatic rings. The number of hydrogen-bond acceptors (Lipinski definition) is 5. The van der Waals surface area contributed by atoms with E-state index in [0.29, 0.717) is 30.4 Å². The van der Waals surface area contributed by atoms with Gasteiger partial charge in [-0.25, -0.2) is 4.39 Å². The second-order valence-electron chi connectivity index (χ2n) is 4.93. The molecule has 118 valence electrons. The van der Waals surface area contributed by atoms with E-state index in [0.717, 1.165) is 11.3 Å². The fourth-order valence-electron chi connectivity index (χ4n) is 2.14. The number of hydrogen-bond donors (Lipinski definition) is 1. The first kappa shape index (κ1) is 15.2. The summed E-state index contributed by atoms with van der Waals surface area (Å²) in [5.74, 6) is 1.35. The molecule has 0 bridgehead atoms. The van der Waals surface area contributed by atoms with Crippen molar-refractivity contribution in [2.24, 2.45) is 0 Å². The van der Waals surface area contributed by atoms with Crippen molar-refractivity contribution in [1.82, 2.24) is 15.5 Å². The Kier molecular flexibility index (Phi) is 4.63. The molecular formula is C17H16FN3O2. The van der Waals surface area contributed by atoms with E-state index in [1.807, 2.05) is 24.3 Å². The molecule has 0 amide bonds. The van der Waals surface area contributed by atoms with Crippen molar-refractivity contribution < 1.29 is 13.5 Å². The summed E-state index contributed by atoms with van der Waals surface area (Å²) in [6.45, 7) is 0.759. The molecule has 0 aliphatic carbocycles. The predicted octanol–water partition coefficient (Wildman–Crippen LogP) is 3.17. The van der Waals surface area contributed by atoms with Crippen LogP contribution in [0, 0.1) is 5.82 Å². The third-order valence-corrected chi connectivity index (χ3v) is 3.33. The summed E-state index contributed by atoms with van der Waals surface area (Å²) < 4.78 is 24.3. The Morgan fingerprint density at radius 2 is 1.96 bits per heavy atom. The number of ether oxygens (including phenoxy) is 1. The van der Waals surface area contributed by atoms with Gasteiger partial charge in [-0.15, -0.1) is 10.2 Å². The predicted molar refractivity (Wildman–Crippen MR) is 83.2 cm³/mol. The minimum Gasteiger partial charge on any atom is -0.497 e. The lowest BCUT2D eigenvalue weighted by atomic mass is 10.2. The standard InChI is InChI=1S/C17H16FN3O2/c1-22-14-7-4-6-12(9-14)17-21-20-16(23-17)11-19-10-13-5-2-3-8-15(13)18/h2-9,19H,10-11H2,1H3. The van der Waals surface area contributed by atoms with Gasteiger partial charge in [0.1, 0.15) is 11.6 Å². The molecule has 3 rings (SSSR count). The van der Waals surface area contributed by atoms with Crippen LogP contribution in [0.3, 0.4) is 0 Å². The van der Waals surface area contributed by atoms with Crippen molar-refractivity contribution in [1.29, 1.82) is 0 Å². The summed E-state index contributed by atoms with van der Waals surface area (Å²) >= 11 is 0. The third kappa shape index (κ3) is 3.73. The molecule has 23 heavy (non-hydrogen) atoms. The SMILES string of the molecule is COc1cccc(-c2nnc(CNCc3ccccc3F)o2)c1. The highest BCUT2D eigenvalue weighted by Crippen LogP contribution is 2.22. The van der Waals surface area contributed by atoms with Crippen LogP contribution in [0.25, 0.3) is 11.5 Å². The number of benzene rings is 2. The number of aromatic nitrogens is 2. The minimum atomic E-state index is -0.234. The number of nitrogens with one attached hydrogen (secondary N) is 1. The molecule has 0 radical (unpaired) electrons. The van der Waals surface area contributed by atoms with Gasteiger partial charge in [0.05, 0.1) is 13.7 Å². The van der Waals surface area contributed by atoms with Crippen LogP contribution in [-0.4, -0.2) is 17.3 Å². The molecule has 1 heterocycles. The summed E-state index contributed by atoms with van der Waals surface area (Å²) in [5.41, 5.74) is 1.39. The lowest BCUT2D eigenvalue weighted by molar-refractivity contribution is 0.414. The van der Waals surface area contributed by atoms with Crippen molar-refractivity contribution in [3.63, 3.8) is 0 Å². The minimum absolute atomic E-state index is 0.234. The first-order chi connectivity index (χ1) is 11.3. The quantitative estimate of drug-likeness (QED) is 0.757. The van der Waals surface area contributed by atoms with Crippen molar-refractivity contribution >= 4 is 0 Å². The Bertz CT molecular complexity index is 789. The summed E-state index contributed by atoms with van der Waals surface area (Å²) in [7, 11) is 1.60. The van der Waals surface area contributed by atoms with Gasteiger partial charge in [0.15, 0.2) is 0 Å². The summed E-state index contributed by atoms with van der Waals surface area (Å²) in [6.07, 6.45) is 0. The number of rotatable bonds is 6. The molecule has 0 aliphatic rings. The van der Waals surface area contributed by atoms with Gasteiger partial charge in [-0.05, 0) is 24.3 Å². The molecule has 0 fully saturated rings. The van der Waals surface area contributed by atoms with Gasteiger partial charge >= 0.3 is 0 Å². The van der Waals surface area contributed by atoms with Gasteiger partial charge in [-0.2, -0.15) is 0 Å². The molecule has 2 aromatic carbocycles. The molecule has 0 saturated heterocycles. The molecule has 1 N–H and O–H groups in total. The van der Waals surface area contributed by atoms with Crippen LogP contribution in [0.15, 0.2) is 52.9 Å². The van der Waals surface area contributed by atoms with Gasteiger partial charge in [0, 0.05) is 17.7 Å². The number of methoxy groups -OCH3 is 1. The van der Waals surface area contributed by atoms with Crippen LogP contribution in [0.4, 0.5) is 4.39 Å². The second kappa shape index (κ2) is 7.02. The molecule has 5 nitrogen and oxygen atoms in total. The summed E-state index contributed by atoms with van der Waals surface area (Å²) in [6, 6.07) is 14.0. The van der Waals surface area contributed by atoms with E-state index in [1.54, 1.807) is 25.3 Å². The third-order valence-electron chi connectivity index (χ3n) is 3.33. The van der Waals surface area contributed by atoms with E-state index in [4.69, 9.17) is 9.15 Å². The van der Waals surface area contributed by atoms with Gasteiger partial charge < -0.3 is 14.5 Å². The molecule has 0 aliphatic heterocycles. The average Bonchev–Trinajstić information content (AvgIpc) is 3.06. The van der Waals surface area contributed by atoms with Crippen LogP contribution in [0.2, 0.25) is 0 Å². The van der Waals surface area contributed by atoms with Crippen LogP contribution < -0.4 is 10.1 Å². The highest BCUT2D eigenvalue weighted by Gasteiger charge is 2.09. The van der Waals surface area contributed by atoms with Crippen LogP contribution in [0.1, 0.15) is 11.5 Å². The first-order valence-corrected chi connectivity index (χ1v) is 7.17. The molecule has 0 saturated carbocycles. The topological polar surface area (TPSA) is 60.2 Å². The molecule has 1 aromatic heterocycles. The van der Waals surface area contributed by atoms with Crippen molar-refractivity contribution in [2.75, 3.05) is 7.11 Å². The smallest absolute Gasteiger partial charge is 0.247 e.